The molecule has 1 amide bonds. The van der Waals surface area contributed by atoms with Crippen LogP contribution in [0.3, 0.4) is 0 Å². The van der Waals surface area contributed by atoms with E-state index in [1.807, 2.05) is 0 Å². The molecule has 6 nitrogen and oxygen atoms in total. The fraction of sp³-hybridized carbons (Fsp3) is 0.444. The Hall–Kier alpha value is -2.10. The summed E-state index contributed by atoms with van der Waals surface area (Å²) in [5.41, 5.74) is -4.59. The zero-order valence-corrected chi connectivity index (χ0v) is 15.8. The molecule has 28 heavy (non-hydrogen) atoms. The van der Waals surface area contributed by atoms with Crippen LogP contribution in [-0.2, 0) is 15.9 Å². The topological polar surface area (TPSA) is 79.2 Å². The fourth-order valence-electron chi connectivity index (χ4n) is 3.38. The highest BCUT2D eigenvalue weighted by Crippen LogP contribution is 2.38. The van der Waals surface area contributed by atoms with E-state index in [0.717, 1.165) is 0 Å². The number of amides is 1. The minimum Gasteiger partial charge on any atom is -0.375 e. The van der Waals surface area contributed by atoms with Gasteiger partial charge in [0.15, 0.2) is 0 Å². The number of benzene rings is 1. The third-order valence-electron chi connectivity index (χ3n) is 5.02. The van der Waals surface area contributed by atoms with Gasteiger partial charge in [0.05, 0.1) is 6.54 Å². The maximum Gasteiger partial charge on any atom is 0.423 e. The van der Waals surface area contributed by atoms with Crippen molar-refractivity contribution in [3.63, 3.8) is 0 Å². The minimum absolute atomic E-state index is 0. The highest BCUT2D eigenvalue weighted by molar-refractivity contribution is 5.85. The Kier molecular flexibility index (Phi) is 6.74. The predicted molar refractivity (Wildman–Crippen MR) is 99.0 cm³/mol. The quantitative estimate of drug-likeness (QED) is 0.693. The van der Waals surface area contributed by atoms with Crippen LogP contribution in [0.2, 0.25) is 0 Å². The summed E-state index contributed by atoms with van der Waals surface area (Å²) in [5.74, 6) is -0.591. The Labute approximate surface area is 166 Å². The van der Waals surface area contributed by atoms with Gasteiger partial charge in [-0.25, -0.2) is 0 Å². The van der Waals surface area contributed by atoms with Crippen molar-refractivity contribution < 1.29 is 23.1 Å². The van der Waals surface area contributed by atoms with Gasteiger partial charge in [-0.2, -0.15) is 18.3 Å². The highest BCUT2D eigenvalue weighted by Gasteiger charge is 2.55. The molecule has 0 bridgehead atoms. The van der Waals surface area contributed by atoms with Gasteiger partial charge in [0.2, 0.25) is 11.5 Å². The van der Waals surface area contributed by atoms with Gasteiger partial charge >= 0.3 is 6.18 Å². The number of halogens is 4. The standard InChI is InChI=1S/C18H21F3N4O2.ClH/c19-18(20,21)17(27,14-5-2-1-3-6-14)13-23-15(26)16(7-10-22-11-8-16)25-12-4-9-24-25;/h1-6,9,12,22,27H,7-8,10-11,13H2,(H,23,26);1H. The Bertz CT molecular complexity index is 765. The van der Waals surface area contributed by atoms with E-state index in [2.05, 4.69) is 15.7 Å². The van der Waals surface area contributed by atoms with Gasteiger partial charge in [0.25, 0.3) is 0 Å². The number of alkyl halides is 3. The van der Waals surface area contributed by atoms with E-state index in [0.29, 0.717) is 25.9 Å². The number of carbonyl (C=O) groups excluding carboxylic acids is 1. The van der Waals surface area contributed by atoms with Gasteiger partial charge in [0.1, 0.15) is 5.54 Å². The molecule has 1 aromatic heterocycles. The van der Waals surface area contributed by atoms with E-state index in [1.165, 1.54) is 35.1 Å². The van der Waals surface area contributed by atoms with Gasteiger partial charge in [-0.1, -0.05) is 30.3 Å². The molecule has 0 spiro atoms. The molecule has 1 fully saturated rings. The lowest BCUT2D eigenvalue weighted by Crippen LogP contribution is -2.58. The van der Waals surface area contributed by atoms with Crippen LogP contribution in [0.5, 0.6) is 0 Å². The van der Waals surface area contributed by atoms with Gasteiger partial charge in [-0.15, -0.1) is 12.4 Å². The second kappa shape index (κ2) is 8.50. The number of nitrogens with zero attached hydrogens (tertiary/aromatic N) is 2. The first-order valence-electron chi connectivity index (χ1n) is 8.63. The van der Waals surface area contributed by atoms with Crippen molar-refractivity contribution in [1.29, 1.82) is 0 Å². The second-order valence-corrected chi connectivity index (χ2v) is 6.64. The molecule has 1 atom stereocenters. The molecule has 2 heterocycles. The summed E-state index contributed by atoms with van der Waals surface area (Å²) in [6.45, 7) is 0.0980. The van der Waals surface area contributed by atoms with Crippen LogP contribution in [0.1, 0.15) is 18.4 Å². The molecule has 10 heteroatoms. The predicted octanol–water partition coefficient (Wildman–Crippen LogP) is 1.95. The Morgan fingerprint density at radius 2 is 1.86 bits per heavy atom. The van der Waals surface area contributed by atoms with Gasteiger partial charge in [0, 0.05) is 12.4 Å². The highest BCUT2D eigenvalue weighted by atomic mass is 35.5. The number of hydrogen-bond donors (Lipinski definition) is 3. The Morgan fingerprint density at radius 1 is 1.21 bits per heavy atom. The van der Waals surface area contributed by atoms with Crippen molar-refractivity contribution in [2.75, 3.05) is 19.6 Å². The summed E-state index contributed by atoms with van der Waals surface area (Å²) in [6, 6.07) is 8.41. The van der Waals surface area contributed by atoms with Gasteiger partial charge in [-0.3, -0.25) is 9.48 Å². The molecule has 1 aromatic carbocycles. The molecule has 1 unspecified atom stereocenters. The van der Waals surface area contributed by atoms with Crippen molar-refractivity contribution in [2.45, 2.75) is 30.2 Å². The average molecular weight is 419 g/mol. The second-order valence-electron chi connectivity index (χ2n) is 6.64. The summed E-state index contributed by atoms with van der Waals surface area (Å²) in [5, 5.41) is 20.0. The molecule has 1 saturated heterocycles. The van der Waals surface area contributed by atoms with Crippen LogP contribution >= 0.6 is 12.4 Å². The monoisotopic (exact) mass is 418 g/mol. The van der Waals surface area contributed by atoms with Crippen molar-refractivity contribution in [3.05, 3.63) is 54.4 Å². The first-order chi connectivity index (χ1) is 12.8. The SMILES string of the molecule is Cl.O=C(NCC(O)(c1ccccc1)C(F)(F)F)C1(n2cccn2)CCNCC1. The minimum atomic E-state index is -4.95. The molecule has 0 aliphatic carbocycles. The van der Waals surface area contributed by atoms with E-state index in [1.54, 1.807) is 18.3 Å². The molecular weight excluding hydrogens is 397 g/mol. The summed E-state index contributed by atoms with van der Waals surface area (Å²) >= 11 is 0. The molecule has 0 saturated carbocycles. The molecule has 3 rings (SSSR count). The van der Waals surface area contributed by atoms with Crippen LogP contribution in [0.25, 0.3) is 0 Å². The van der Waals surface area contributed by atoms with E-state index in [4.69, 9.17) is 0 Å². The first kappa shape index (κ1) is 22.2. The largest absolute Gasteiger partial charge is 0.423 e. The summed E-state index contributed by atoms with van der Waals surface area (Å²) in [7, 11) is 0. The van der Waals surface area contributed by atoms with E-state index >= 15 is 0 Å². The first-order valence-corrected chi connectivity index (χ1v) is 8.63. The fourth-order valence-corrected chi connectivity index (χ4v) is 3.38. The van der Waals surface area contributed by atoms with Gasteiger partial charge in [-0.05, 0) is 37.6 Å². The average Bonchev–Trinajstić information content (AvgIpc) is 3.21. The number of hydrogen-bond acceptors (Lipinski definition) is 4. The summed E-state index contributed by atoms with van der Waals surface area (Å²) < 4.78 is 42.4. The van der Waals surface area contributed by atoms with E-state index < -0.39 is 29.8 Å². The number of aromatic nitrogens is 2. The third kappa shape index (κ3) is 4.01. The Morgan fingerprint density at radius 3 is 2.39 bits per heavy atom. The maximum absolute atomic E-state index is 13.6. The normalized spacial score (nSPS) is 18.6. The van der Waals surface area contributed by atoms with Crippen molar-refractivity contribution in [2.24, 2.45) is 0 Å². The molecule has 1 aliphatic heterocycles. The van der Waals surface area contributed by atoms with Crippen molar-refractivity contribution in [1.82, 2.24) is 20.4 Å². The lowest BCUT2D eigenvalue weighted by Gasteiger charge is -2.38. The van der Waals surface area contributed by atoms with E-state index in [-0.39, 0.29) is 18.0 Å². The molecule has 0 radical (unpaired) electrons. The van der Waals surface area contributed by atoms with Crippen molar-refractivity contribution >= 4 is 18.3 Å². The van der Waals surface area contributed by atoms with Crippen LogP contribution in [0.15, 0.2) is 48.8 Å². The summed E-state index contributed by atoms with van der Waals surface area (Å²) in [4.78, 5) is 12.9. The number of nitrogens with one attached hydrogen (secondary N) is 2. The summed E-state index contributed by atoms with van der Waals surface area (Å²) in [6.07, 6.45) is -1.04. The smallest absolute Gasteiger partial charge is 0.375 e. The zero-order chi connectivity index (χ0) is 19.5. The maximum atomic E-state index is 13.6. The van der Waals surface area contributed by atoms with E-state index in [9.17, 15) is 23.1 Å². The molecule has 2 aromatic rings. The number of rotatable bonds is 5. The molecule has 3 N–H and O–H groups in total. The number of carbonyl (C=O) groups is 1. The van der Waals surface area contributed by atoms with Crippen LogP contribution < -0.4 is 10.6 Å². The lowest BCUT2D eigenvalue weighted by molar-refractivity contribution is -0.264. The number of aliphatic hydroxyl groups is 1. The Balaban J connectivity index is 0.00000280. The molecular formula is C18H22ClF3N4O2. The molecule has 1 aliphatic rings. The van der Waals surface area contributed by atoms with Gasteiger partial charge < -0.3 is 15.7 Å². The molecule has 154 valence electrons. The zero-order valence-electron chi connectivity index (χ0n) is 14.9. The van der Waals surface area contributed by atoms with Crippen LogP contribution in [0, 0.1) is 0 Å². The van der Waals surface area contributed by atoms with Crippen LogP contribution in [0.4, 0.5) is 13.2 Å². The number of piperidine rings is 1. The third-order valence-corrected chi connectivity index (χ3v) is 5.02. The lowest BCUT2D eigenvalue weighted by atomic mass is 9.86. The van der Waals surface area contributed by atoms with Crippen molar-refractivity contribution in [3.8, 4) is 0 Å². The van der Waals surface area contributed by atoms with Crippen LogP contribution in [-0.4, -0.2) is 46.6 Å².